The van der Waals surface area contributed by atoms with Crippen LogP contribution >= 0.6 is 11.6 Å². The summed E-state index contributed by atoms with van der Waals surface area (Å²) in [6, 6.07) is 1.85. The number of hydrogen-bond acceptors (Lipinski definition) is 6. The van der Waals surface area contributed by atoms with E-state index in [1.54, 1.807) is 6.20 Å². The zero-order valence-electron chi connectivity index (χ0n) is 17.6. The molecule has 0 spiro atoms. The van der Waals surface area contributed by atoms with Crippen molar-refractivity contribution in [3.05, 3.63) is 23.2 Å². The zero-order valence-corrected chi connectivity index (χ0v) is 18.3. The second kappa shape index (κ2) is 8.85. The molecule has 1 N–H and O–H groups in total. The van der Waals surface area contributed by atoms with Gasteiger partial charge in [0.2, 0.25) is 5.28 Å². The normalized spacial score (nSPS) is 23.1. The monoisotopic (exact) mass is 424 g/mol. The molecule has 29 heavy (non-hydrogen) atoms. The molecule has 0 fully saturated rings. The number of nitrogens with zero attached hydrogens (tertiary/aromatic N) is 3. The van der Waals surface area contributed by atoms with Gasteiger partial charge in [0.1, 0.15) is 11.2 Å². The molecule has 3 rings (SSSR count). The Labute approximate surface area is 175 Å². The maximum atomic E-state index is 12.4. The average molecular weight is 425 g/mol. The zero-order chi connectivity index (χ0) is 21.2. The van der Waals surface area contributed by atoms with Crippen molar-refractivity contribution >= 4 is 28.7 Å². The predicted molar refractivity (Wildman–Crippen MR) is 110 cm³/mol. The van der Waals surface area contributed by atoms with E-state index in [1.165, 1.54) is 0 Å². The Morgan fingerprint density at radius 3 is 2.90 bits per heavy atom. The van der Waals surface area contributed by atoms with Crippen molar-refractivity contribution in [1.82, 2.24) is 19.9 Å². The van der Waals surface area contributed by atoms with Gasteiger partial charge in [0.25, 0.3) is 0 Å². The van der Waals surface area contributed by atoms with Crippen LogP contribution in [0.3, 0.4) is 0 Å². The van der Waals surface area contributed by atoms with Crippen LogP contribution in [0.2, 0.25) is 5.28 Å². The number of nitrogens with one attached hydrogen (secondary N) is 1. The molecule has 2 unspecified atom stereocenters. The summed E-state index contributed by atoms with van der Waals surface area (Å²) in [5.41, 5.74) is 0.851. The predicted octanol–water partition coefficient (Wildman–Crippen LogP) is 4.24. The smallest absolute Gasteiger partial charge is 0.407 e. The molecule has 1 aliphatic heterocycles. The third-order valence-electron chi connectivity index (χ3n) is 5.03. The lowest BCUT2D eigenvalue weighted by molar-refractivity contribution is -0.155. The number of alkyl carbamates (subject to hydrolysis) is 1. The summed E-state index contributed by atoms with van der Waals surface area (Å²) in [5.74, 6) is 0.177. The van der Waals surface area contributed by atoms with Crippen LogP contribution in [0.5, 0.6) is 0 Å². The first-order chi connectivity index (χ1) is 13.7. The van der Waals surface area contributed by atoms with E-state index in [9.17, 15) is 4.79 Å². The second-order valence-corrected chi connectivity index (χ2v) is 8.44. The molecular formula is C20H29ClN4O4. The lowest BCUT2D eigenvalue weighted by atomic mass is 10.0. The van der Waals surface area contributed by atoms with Crippen LogP contribution in [0.4, 0.5) is 4.79 Å². The summed E-state index contributed by atoms with van der Waals surface area (Å²) < 4.78 is 19.7. The number of amides is 1. The number of halogens is 1. The fraction of sp³-hybridized carbons (Fsp3) is 0.650. The van der Waals surface area contributed by atoms with Gasteiger partial charge in [-0.3, -0.25) is 0 Å². The Bertz CT molecular complexity index is 868. The van der Waals surface area contributed by atoms with Crippen molar-refractivity contribution in [2.45, 2.75) is 59.0 Å². The van der Waals surface area contributed by atoms with Gasteiger partial charge in [0.15, 0.2) is 6.29 Å². The van der Waals surface area contributed by atoms with Crippen LogP contribution in [0.1, 0.15) is 59.1 Å². The molecule has 0 saturated heterocycles. The van der Waals surface area contributed by atoms with E-state index < -0.39 is 18.0 Å². The van der Waals surface area contributed by atoms with Crippen molar-refractivity contribution in [2.75, 3.05) is 19.8 Å². The third-order valence-corrected chi connectivity index (χ3v) is 5.22. The van der Waals surface area contributed by atoms with Gasteiger partial charge in [-0.2, -0.15) is 4.98 Å². The fourth-order valence-electron chi connectivity index (χ4n) is 3.47. The highest BCUT2D eigenvalue weighted by molar-refractivity contribution is 6.28. The van der Waals surface area contributed by atoms with Crippen LogP contribution in [-0.2, 0) is 14.2 Å². The highest BCUT2D eigenvalue weighted by atomic mass is 35.5. The number of hydrogen-bond donors (Lipinski definition) is 1. The average Bonchev–Trinajstić information content (AvgIpc) is 2.98. The summed E-state index contributed by atoms with van der Waals surface area (Å²) in [6.07, 6.45) is 1.19. The van der Waals surface area contributed by atoms with Gasteiger partial charge in [0, 0.05) is 31.2 Å². The van der Waals surface area contributed by atoms with Gasteiger partial charge in [-0.1, -0.05) is 13.8 Å². The molecule has 0 aromatic carbocycles. The Kier molecular flexibility index (Phi) is 6.65. The van der Waals surface area contributed by atoms with Gasteiger partial charge < -0.3 is 24.1 Å². The highest BCUT2D eigenvalue weighted by Gasteiger charge is 2.30. The quantitative estimate of drug-likeness (QED) is 0.741. The first-order valence-electron chi connectivity index (χ1n) is 9.95. The molecule has 1 amide bonds. The standard InChI is InChI=1S/C20H29ClN4O4/c1-6-27-17-14-9-13-10-22-18(21)24-16(13)25(14)15(12(2)3)11-23-19(26)29-20(4,5)7-8-28-17/h9-10,12,15,17H,6-8,11H2,1-5H3,(H,23,26). The lowest BCUT2D eigenvalue weighted by Crippen LogP contribution is -2.40. The molecule has 2 atom stereocenters. The van der Waals surface area contributed by atoms with Crippen LogP contribution < -0.4 is 5.32 Å². The van der Waals surface area contributed by atoms with Crippen LogP contribution in [0.15, 0.2) is 12.3 Å². The first-order valence-corrected chi connectivity index (χ1v) is 10.3. The lowest BCUT2D eigenvalue weighted by Gasteiger charge is -2.32. The number of fused-ring (bicyclic) bond motifs is 3. The molecule has 1 aliphatic rings. The molecule has 9 heteroatoms. The van der Waals surface area contributed by atoms with Gasteiger partial charge in [-0.15, -0.1) is 0 Å². The van der Waals surface area contributed by atoms with Crippen molar-refractivity contribution in [2.24, 2.45) is 5.92 Å². The molecule has 0 bridgehead atoms. The van der Waals surface area contributed by atoms with Crippen LogP contribution in [0.25, 0.3) is 11.0 Å². The maximum absolute atomic E-state index is 12.4. The van der Waals surface area contributed by atoms with E-state index in [4.69, 9.17) is 25.8 Å². The molecule has 0 aliphatic carbocycles. The number of cyclic esters (lactones) is 1. The number of rotatable bonds is 3. The van der Waals surface area contributed by atoms with Crippen molar-refractivity contribution in [1.29, 1.82) is 0 Å². The molecular weight excluding hydrogens is 396 g/mol. The van der Waals surface area contributed by atoms with E-state index in [0.717, 1.165) is 11.1 Å². The number of ether oxygens (including phenoxy) is 3. The fourth-order valence-corrected chi connectivity index (χ4v) is 3.60. The molecule has 0 saturated carbocycles. The largest absolute Gasteiger partial charge is 0.443 e. The number of aromatic nitrogens is 3. The Morgan fingerprint density at radius 2 is 2.21 bits per heavy atom. The maximum Gasteiger partial charge on any atom is 0.407 e. The second-order valence-electron chi connectivity index (χ2n) is 8.11. The minimum absolute atomic E-state index is 0.116. The molecule has 3 heterocycles. The molecule has 2 aromatic rings. The molecule has 160 valence electrons. The van der Waals surface area contributed by atoms with Crippen molar-refractivity contribution < 1.29 is 19.0 Å². The van der Waals surface area contributed by atoms with Crippen molar-refractivity contribution in [3.8, 4) is 0 Å². The number of carbonyl (C=O) groups excluding carboxylic acids is 1. The van der Waals surface area contributed by atoms with E-state index >= 15 is 0 Å². The van der Waals surface area contributed by atoms with Crippen LogP contribution in [0, 0.1) is 5.92 Å². The topological polar surface area (TPSA) is 87.5 Å². The summed E-state index contributed by atoms with van der Waals surface area (Å²) in [7, 11) is 0. The molecule has 2 aromatic heterocycles. The van der Waals surface area contributed by atoms with E-state index in [1.807, 2.05) is 31.4 Å². The Hall–Kier alpha value is -1.90. The summed E-state index contributed by atoms with van der Waals surface area (Å²) >= 11 is 6.09. The van der Waals surface area contributed by atoms with E-state index in [-0.39, 0.29) is 17.2 Å². The van der Waals surface area contributed by atoms with Crippen LogP contribution in [-0.4, -0.2) is 46.0 Å². The summed E-state index contributed by atoms with van der Waals surface area (Å²) in [5, 5.41) is 3.90. The highest BCUT2D eigenvalue weighted by Crippen LogP contribution is 2.33. The van der Waals surface area contributed by atoms with Gasteiger partial charge in [0.05, 0.1) is 18.3 Å². The number of carbonyl (C=O) groups is 1. The third kappa shape index (κ3) is 4.99. The summed E-state index contributed by atoms with van der Waals surface area (Å²) in [6.45, 7) is 11.1. The summed E-state index contributed by atoms with van der Waals surface area (Å²) in [4.78, 5) is 20.9. The Morgan fingerprint density at radius 1 is 1.45 bits per heavy atom. The van der Waals surface area contributed by atoms with E-state index in [0.29, 0.717) is 31.8 Å². The van der Waals surface area contributed by atoms with E-state index in [2.05, 4.69) is 29.1 Å². The Balaban J connectivity index is 2.14. The van der Waals surface area contributed by atoms with Crippen molar-refractivity contribution in [3.63, 3.8) is 0 Å². The van der Waals surface area contributed by atoms with Gasteiger partial charge >= 0.3 is 6.09 Å². The molecule has 8 nitrogen and oxygen atoms in total. The first kappa shape index (κ1) is 21.8. The minimum Gasteiger partial charge on any atom is -0.443 e. The SMILES string of the molecule is CCOC1OCCC(C)(C)OC(=O)NCC(C(C)C)n2c1cc1cnc(Cl)nc12. The molecule has 0 radical (unpaired) electrons. The van der Waals surface area contributed by atoms with Gasteiger partial charge in [-0.25, -0.2) is 9.78 Å². The minimum atomic E-state index is -0.654. The van der Waals surface area contributed by atoms with Gasteiger partial charge in [-0.05, 0) is 44.4 Å².